The number of para-hydroxylation sites is 2. The molecule has 5 heteroatoms. The van der Waals surface area contributed by atoms with E-state index in [4.69, 9.17) is 15.0 Å². The van der Waals surface area contributed by atoms with Gasteiger partial charge in [0.25, 0.3) is 0 Å². The fourth-order valence-electron chi connectivity index (χ4n) is 7.94. The van der Waals surface area contributed by atoms with E-state index in [2.05, 4.69) is 193 Å². The topological polar surface area (TPSA) is 43.6 Å². The molecule has 0 amide bonds. The lowest BCUT2D eigenvalue weighted by molar-refractivity contribution is 1.07. The predicted molar refractivity (Wildman–Crippen MR) is 234 cm³/mol. The molecule has 262 valence electrons. The monoisotopic (exact) mass is 732 g/mol. The van der Waals surface area contributed by atoms with Crippen molar-refractivity contribution < 1.29 is 0 Å². The molecule has 11 rings (SSSR count). The maximum atomic E-state index is 5.20. The van der Waals surface area contributed by atoms with Crippen molar-refractivity contribution in [2.45, 2.75) is 0 Å². The molecule has 4 nitrogen and oxygen atoms in total. The lowest BCUT2D eigenvalue weighted by Crippen LogP contribution is -2.01. The van der Waals surface area contributed by atoms with Gasteiger partial charge in [-0.15, -0.1) is 11.3 Å². The van der Waals surface area contributed by atoms with Gasteiger partial charge in [-0.25, -0.2) is 15.0 Å². The molecular weight excluding hydrogens is 701 g/mol. The Hall–Kier alpha value is -7.21. The van der Waals surface area contributed by atoms with E-state index in [1.807, 2.05) is 6.07 Å². The van der Waals surface area contributed by atoms with Gasteiger partial charge in [0.15, 0.2) is 17.5 Å². The number of benzene rings is 8. The maximum absolute atomic E-state index is 5.20. The summed E-state index contributed by atoms with van der Waals surface area (Å²) in [5.74, 6) is 1.90. The van der Waals surface area contributed by atoms with Crippen molar-refractivity contribution in [1.29, 1.82) is 0 Å². The minimum atomic E-state index is 0.627. The van der Waals surface area contributed by atoms with Crippen molar-refractivity contribution in [1.82, 2.24) is 19.5 Å². The average Bonchev–Trinajstić information content (AvgIpc) is 3.82. The van der Waals surface area contributed by atoms with E-state index in [9.17, 15) is 0 Å². The molecule has 0 aliphatic rings. The van der Waals surface area contributed by atoms with Crippen LogP contribution in [-0.4, -0.2) is 19.5 Å². The molecule has 0 radical (unpaired) electrons. The molecule has 3 aromatic heterocycles. The van der Waals surface area contributed by atoms with Crippen molar-refractivity contribution in [3.63, 3.8) is 0 Å². The van der Waals surface area contributed by atoms with Gasteiger partial charge in [0.05, 0.1) is 11.0 Å². The normalized spacial score (nSPS) is 11.6. The Morgan fingerprint density at radius 2 is 0.768 bits per heavy atom. The van der Waals surface area contributed by atoms with E-state index in [0.29, 0.717) is 17.5 Å². The molecule has 11 aromatic rings. The number of hydrogen-bond acceptors (Lipinski definition) is 4. The van der Waals surface area contributed by atoms with Gasteiger partial charge in [-0.3, -0.25) is 0 Å². The van der Waals surface area contributed by atoms with Gasteiger partial charge in [0, 0.05) is 53.3 Å². The van der Waals surface area contributed by atoms with Crippen molar-refractivity contribution in [3.8, 4) is 62.1 Å². The van der Waals surface area contributed by atoms with E-state index in [-0.39, 0.29) is 0 Å². The predicted octanol–water partition coefficient (Wildman–Crippen LogP) is 13.7. The van der Waals surface area contributed by atoms with Crippen molar-refractivity contribution in [3.05, 3.63) is 194 Å². The zero-order chi connectivity index (χ0) is 37.0. The van der Waals surface area contributed by atoms with Gasteiger partial charge in [0.2, 0.25) is 0 Å². The summed E-state index contributed by atoms with van der Waals surface area (Å²) in [5.41, 5.74) is 10.8. The second-order valence-corrected chi connectivity index (χ2v) is 15.1. The standard InChI is InChI=1S/C51H32N4S/c1-2-12-33(13-3-1)34-24-26-35(27-25-34)36-14-10-15-37(30-36)49-52-50(54-51(53-49)39-28-29-44-43-20-6-9-23-47(43)56-48(44)32-39)38-16-11-17-40(31-38)55-45-21-7-4-18-41(45)42-19-5-8-22-46(42)55/h1-32H. The van der Waals surface area contributed by atoms with Gasteiger partial charge in [-0.1, -0.05) is 152 Å². The highest BCUT2D eigenvalue weighted by Crippen LogP contribution is 2.37. The Morgan fingerprint density at radius 1 is 0.304 bits per heavy atom. The maximum Gasteiger partial charge on any atom is 0.164 e. The van der Waals surface area contributed by atoms with Crippen LogP contribution >= 0.6 is 11.3 Å². The van der Waals surface area contributed by atoms with Crippen molar-refractivity contribution >= 4 is 53.3 Å². The van der Waals surface area contributed by atoms with Crippen LogP contribution in [0.3, 0.4) is 0 Å². The summed E-state index contributed by atoms with van der Waals surface area (Å²) in [6.45, 7) is 0. The number of hydrogen-bond donors (Lipinski definition) is 0. The third-order valence-corrected chi connectivity index (χ3v) is 11.8. The molecule has 0 saturated carbocycles. The van der Waals surface area contributed by atoms with Crippen LogP contribution in [0.4, 0.5) is 0 Å². The minimum Gasteiger partial charge on any atom is -0.309 e. The van der Waals surface area contributed by atoms with Crippen LogP contribution in [0.25, 0.3) is 104 Å². The van der Waals surface area contributed by atoms with Crippen LogP contribution in [-0.2, 0) is 0 Å². The van der Waals surface area contributed by atoms with E-state index in [1.165, 1.54) is 42.1 Å². The highest BCUT2D eigenvalue weighted by Gasteiger charge is 2.17. The van der Waals surface area contributed by atoms with E-state index >= 15 is 0 Å². The lowest BCUT2D eigenvalue weighted by Gasteiger charge is -2.12. The number of nitrogens with zero attached hydrogens (tertiary/aromatic N) is 4. The molecule has 0 fully saturated rings. The van der Waals surface area contributed by atoms with Gasteiger partial charge >= 0.3 is 0 Å². The van der Waals surface area contributed by atoms with Crippen molar-refractivity contribution in [2.75, 3.05) is 0 Å². The number of rotatable bonds is 6. The molecule has 56 heavy (non-hydrogen) atoms. The van der Waals surface area contributed by atoms with Gasteiger partial charge in [0.1, 0.15) is 0 Å². The van der Waals surface area contributed by atoms with Crippen LogP contribution in [0.2, 0.25) is 0 Å². The van der Waals surface area contributed by atoms with Crippen LogP contribution in [0.1, 0.15) is 0 Å². The highest BCUT2D eigenvalue weighted by molar-refractivity contribution is 7.25. The van der Waals surface area contributed by atoms with Gasteiger partial charge < -0.3 is 4.57 Å². The molecule has 0 saturated heterocycles. The summed E-state index contributed by atoms with van der Waals surface area (Å²) in [6, 6.07) is 68.6. The van der Waals surface area contributed by atoms with Gasteiger partial charge in [-0.05, 0) is 64.7 Å². The Morgan fingerprint density at radius 3 is 1.46 bits per heavy atom. The summed E-state index contributed by atoms with van der Waals surface area (Å²) >= 11 is 1.80. The van der Waals surface area contributed by atoms with Crippen LogP contribution in [0, 0.1) is 0 Å². The molecule has 8 aromatic carbocycles. The highest BCUT2D eigenvalue weighted by atomic mass is 32.1. The number of thiophene rings is 1. The Kier molecular flexibility index (Phi) is 7.64. The van der Waals surface area contributed by atoms with E-state index in [0.717, 1.165) is 44.5 Å². The third-order valence-electron chi connectivity index (χ3n) is 10.7. The second kappa shape index (κ2) is 13.3. The molecule has 3 heterocycles. The average molecular weight is 733 g/mol. The van der Waals surface area contributed by atoms with E-state index in [1.54, 1.807) is 11.3 Å². The molecule has 0 bridgehead atoms. The zero-order valence-corrected chi connectivity index (χ0v) is 31.0. The largest absolute Gasteiger partial charge is 0.309 e. The number of aromatic nitrogens is 4. The quantitative estimate of drug-likeness (QED) is 0.171. The Bertz CT molecular complexity index is 3200. The van der Waals surface area contributed by atoms with Crippen LogP contribution in [0.15, 0.2) is 194 Å². The molecule has 0 aliphatic carbocycles. The first-order valence-electron chi connectivity index (χ1n) is 18.8. The molecule has 0 aliphatic heterocycles. The summed E-state index contributed by atoms with van der Waals surface area (Å²) in [7, 11) is 0. The van der Waals surface area contributed by atoms with Crippen molar-refractivity contribution in [2.24, 2.45) is 0 Å². The molecule has 0 N–H and O–H groups in total. The van der Waals surface area contributed by atoms with Crippen LogP contribution in [0.5, 0.6) is 0 Å². The van der Waals surface area contributed by atoms with Crippen LogP contribution < -0.4 is 0 Å². The minimum absolute atomic E-state index is 0.627. The first-order chi connectivity index (χ1) is 27.7. The molecule has 0 unspecified atom stereocenters. The summed E-state index contributed by atoms with van der Waals surface area (Å²) in [6.07, 6.45) is 0. The first kappa shape index (κ1) is 32.2. The third kappa shape index (κ3) is 5.56. The zero-order valence-electron chi connectivity index (χ0n) is 30.2. The molecule has 0 spiro atoms. The molecular formula is C51H32N4S. The summed E-state index contributed by atoms with van der Waals surface area (Å²) in [5, 5.41) is 4.97. The summed E-state index contributed by atoms with van der Waals surface area (Å²) < 4.78 is 4.81. The SMILES string of the molecule is c1ccc(-c2ccc(-c3cccc(-c4nc(-c5cccc(-n6c7ccccc7c7ccccc76)c5)nc(-c5ccc6c(c5)sc5ccccc56)n4)c3)cc2)cc1. The van der Waals surface area contributed by atoms with E-state index < -0.39 is 0 Å². The smallest absolute Gasteiger partial charge is 0.164 e. The fraction of sp³-hybridized carbons (Fsp3) is 0. The Labute approximate surface area is 327 Å². The Balaban J connectivity index is 1.06. The van der Waals surface area contributed by atoms with Gasteiger partial charge in [-0.2, -0.15) is 0 Å². The summed E-state index contributed by atoms with van der Waals surface area (Å²) in [4.78, 5) is 15.6. The lowest BCUT2D eigenvalue weighted by atomic mass is 9.99. The second-order valence-electron chi connectivity index (χ2n) is 14.1. The fourth-order valence-corrected chi connectivity index (χ4v) is 9.08. The molecule has 0 atom stereocenters. The first-order valence-corrected chi connectivity index (χ1v) is 19.6. The number of fused-ring (bicyclic) bond motifs is 6.